The van der Waals surface area contributed by atoms with Crippen LogP contribution in [-0.4, -0.2) is 15.0 Å². The quantitative estimate of drug-likeness (QED) is 0.212. The fourth-order valence-corrected chi connectivity index (χ4v) is 6.08. The third-order valence-electron chi connectivity index (χ3n) is 8.14. The highest BCUT2D eigenvalue weighted by Gasteiger charge is 2.21. The van der Waals surface area contributed by atoms with E-state index in [1.54, 1.807) is 0 Å². The van der Waals surface area contributed by atoms with Gasteiger partial charge in [0.25, 0.3) is 0 Å². The number of aromatic nitrogens is 3. The summed E-state index contributed by atoms with van der Waals surface area (Å²) in [5, 5.41) is 4.06. The molecule has 0 aliphatic rings. The molecule has 0 N–H and O–H groups in total. The lowest BCUT2D eigenvalue weighted by Gasteiger charge is -2.11. The van der Waals surface area contributed by atoms with Crippen LogP contribution in [0.2, 0.25) is 0 Å². The van der Waals surface area contributed by atoms with Gasteiger partial charge in [-0.05, 0) is 41.5 Å². The van der Waals surface area contributed by atoms with E-state index < -0.39 is 0 Å². The first kappa shape index (κ1) is 24.5. The van der Waals surface area contributed by atoms with E-state index in [9.17, 15) is 0 Å². The fraction of sp³-hybridized carbons (Fsp3) is 0. The molecule has 6 aromatic carbocycles. The largest absolute Gasteiger partial charge is 0.456 e. The molecule has 0 radical (unpaired) electrons. The van der Waals surface area contributed by atoms with Crippen LogP contribution in [0.1, 0.15) is 0 Å². The molecular weight excluding hydrogens is 542 g/mol. The second kappa shape index (κ2) is 9.75. The van der Waals surface area contributed by atoms with Crippen LogP contribution in [0.3, 0.4) is 0 Å². The van der Waals surface area contributed by atoms with Crippen LogP contribution in [0.25, 0.3) is 89.2 Å². The highest BCUT2D eigenvalue weighted by atomic mass is 16.3. The first-order valence-corrected chi connectivity index (χ1v) is 14.5. The summed E-state index contributed by atoms with van der Waals surface area (Å²) in [4.78, 5) is 15.3. The first-order valence-electron chi connectivity index (χ1n) is 14.5. The van der Waals surface area contributed by atoms with E-state index in [0.29, 0.717) is 17.5 Å². The van der Waals surface area contributed by atoms with E-state index in [0.717, 1.165) is 71.7 Å². The Hall–Kier alpha value is -6.07. The van der Waals surface area contributed by atoms with Gasteiger partial charge in [-0.25, -0.2) is 15.0 Å². The Kier molecular flexibility index (Phi) is 5.43. The van der Waals surface area contributed by atoms with Gasteiger partial charge in [0.05, 0.1) is 5.56 Å². The van der Waals surface area contributed by atoms with Crippen molar-refractivity contribution in [3.8, 4) is 45.3 Å². The second-order valence-electron chi connectivity index (χ2n) is 10.8. The summed E-state index contributed by atoms with van der Waals surface area (Å²) in [6, 6.07) is 46.9. The third-order valence-corrected chi connectivity index (χ3v) is 8.14. The van der Waals surface area contributed by atoms with Gasteiger partial charge in [0.15, 0.2) is 17.5 Å². The molecule has 3 heterocycles. The Morgan fingerprint density at radius 3 is 1.73 bits per heavy atom. The summed E-state index contributed by atoms with van der Waals surface area (Å²) in [5.41, 5.74) is 7.94. The molecule has 3 aromatic heterocycles. The summed E-state index contributed by atoms with van der Waals surface area (Å²) < 4.78 is 12.7. The van der Waals surface area contributed by atoms with Gasteiger partial charge in [0.2, 0.25) is 0 Å². The number of furan rings is 2. The molecule has 206 valence electrons. The molecule has 0 bridgehead atoms. The second-order valence-corrected chi connectivity index (χ2v) is 10.8. The summed E-state index contributed by atoms with van der Waals surface area (Å²) in [6.07, 6.45) is 0. The van der Waals surface area contributed by atoms with Gasteiger partial charge in [0, 0.05) is 32.7 Å². The number of fused-ring (bicyclic) bond motifs is 6. The Morgan fingerprint density at radius 2 is 0.955 bits per heavy atom. The molecule has 0 amide bonds. The Labute approximate surface area is 252 Å². The van der Waals surface area contributed by atoms with Crippen molar-refractivity contribution >= 4 is 43.9 Å². The SMILES string of the molecule is c1ccc(-c2cc(-c3nc(-c4ccccc4)nc(-c4cccc5oc6ccccc6c45)n3)c3oc4ccccc4c3c2)cc1. The summed E-state index contributed by atoms with van der Waals surface area (Å²) in [7, 11) is 0. The van der Waals surface area contributed by atoms with Gasteiger partial charge in [-0.15, -0.1) is 0 Å². The minimum Gasteiger partial charge on any atom is -0.456 e. The third kappa shape index (κ3) is 3.91. The summed E-state index contributed by atoms with van der Waals surface area (Å²) in [6.45, 7) is 0. The summed E-state index contributed by atoms with van der Waals surface area (Å²) in [5.74, 6) is 1.70. The molecule has 0 aliphatic carbocycles. The average molecular weight is 566 g/mol. The zero-order valence-corrected chi connectivity index (χ0v) is 23.4. The van der Waals surface area contributed by atoms with E-state index in [1.807, 2.05) is 84.9 Å². The van der Waals surface area contributed by atoms with E-state index >= 15 is 0 Å². The predicted molar refractivity (Wildman–Crippen MR) is 176 cm³/mol. The van der Waals surface area contributed by atoms with Crippen molar-refractivity contribution in [3.63, 3.8) is 0 Å². The molecule has 5 heteroatoms. The molecule has 0 aliphatic heterocycles. The Morgan fingerprint density at radius 1 is 0.364 bits per heavy atom. The van der Waals surface area contributed by atoms with Crippen LogP contribution >= 0.6 is 0 Å². The number of nitrogens with zero attached hydrogens (tertiary/aromatic N) is 3. The molecule has 0 spiro atoms. The van der Waals surface area contributed by atoms with Crippen LogP contribution in [0.4, 0.5) is 0 Å². The van der Waals surface area contributed by atoms with Gasteiger partial charge >= 0.3 is 0 Å². The van der Waals surface area contributed by atoms with Gasteiger partial charge < -0.3 is 8.83 Å². The van der Waals surface area contributed by atoms with Crippen LogP contribution in [0, 0.1) is 0 Å². The zero-order chi connectivity index (χ0) is 29.0. The van der Waals surface area contributed by atoms with Gasteiger partial charge in [-0.3, -0.25) is 0 Å². The fourth-order valence-electron chi connectivity index (χ4n) is 6.08. The van der Waals surface area contributed by atoms with E-state index in [2.05, 4.69) is 54.6 Å². The van der Waals surface area contributed by atoms with Crippen LogP contribution < -0.4 is 0 Å². The Bertz CT molecular complexity index is 2500. The summed E-state index contributed by atoms with van der Waals surface area (Å²) >= 11 is 0. The normalized spacial score (nSPS) is 11.6. The van der Waals surface area contributed by atoms with Crippen molar-refractivity contribution < 1.29 is 8.83 Å². The Balaban J connectivity index is 1.37. The number of benzene rings is 6. The van der Waals surface area contributed by atoms with Crippen LogP contribution in [0.5, 0.6) is 0 Å². The predicted octanol–water partition coefficient (Wildman–Crippen LogP) is 10.3. The van der Waals surface area contributed by atoms with Crippen LogP contribution in [-0.2, 0) is 0 Å². The van der Waals surface area contributed by atoms with Gasteiger partial charge in [-0.1, -0.05) is 109 Å². The highest BCUT2D eigenvalue weighted by molar-refractivity contribution is 6.13. The number of rotatable bonds is 4. The number of hydrogen-bond donors (Lipinski definition) is 0. The maximum absolute atomic E-state index is 6.52. The van der Waals surface area contributed by atoms with Crippen molar-refractivity contribution in [1.29, 1.82) is 0 Å². The highest BCUT2D eigenvalue weighted by Crippen LogP contribution is 2.40. The number of para-hydroxylation sites is 2. The monoisotopic (exact) mass is 565 g/mol. The average Bonchev–Trinajstić information content (AvgIpc) is 3.67. The van der Waals surface area contributed by atoms with Gasteiger partial charge in [-0.2, -0.15) is 0 Å². The molecule has 0 fully saturated rings. The van der Waals surface area contributed by atoms with Crippen molar-refractivity contribution in [3.05, 3.63) is 140 Å². The maximum atomic E-state index is 6.52. The standard InChI is InChI=1S/C39H23N3O2/c1-3-12-24(13-4-1)26-22-30-27-16-7-9-19-32(27)44-36(30)31(23-26)39-41-37(25-14-5-2-6-15-25)40-38(42-39)29-18-11-21-34-35(29)28-17-8-10-20-33(28)43-34/h1-23H. The molecule has 0 saturated heterocycles. The van der Waals surface area contributed by atoms with Crippen molar-refractivity contribution in [2.24, 2.45) is 0 Å². The smallest absolute Gasteiger partial charge is 0.167 e. The topological polar surface area (TPSA) is 65.0 Å². The maximum Gasteiger partial charge on any atom is 0.167 e. The molecule has 0 unspecified atom stereocenters. The minimum atomic E-state index is 0.542. The van der Waals surface area contributed by atoms with Crippen LogP contribution in [0.15, 0.2) is 148 Å². The molecule has 44 heavy (non-hydrogen) atoms. The van der Waals surface area contributed by atoms with Crippen molar-refractivity contribution in [2.45, 2.75) is 0 Å². The molecule has 5 nitrogen and oxygen atoms in total. The minimum absolute atomic E-state index is 0.542. The molecule has 0 saturated carbocycles. The zero-order valence-electron chi connectivity index (χ0n) is 23.4. The van der Waals surface area contributed by atoms with E-state index in [4.69, 9.17) is 23.8 Å². The first-order chi connectivity index (χ1) is 21.8. The lowest BCUT2D eigenvalue weighted by Crippen LogP contribution is -2.01. The molecule has 0 atom stereocenters. The molecular formula is C39H23N3O2. The lowest BCUT2D eigenvalue weighted by molar-refractivity contribution is 0.668. The molecule has 9 rings (SSSR count). The van der Waals surface area contributed by atoms with E-state index in [-0.39, 0.29) is 0 Å². The lowest BCUT2D eigenvalue weighted by atomic mass is 9.99. The van der Waals surface area contributed by atoms with Crippen molar-refractivity contribution in [2.75, 3.05) is 0 Å². The molecule has 9 aromatic rings. The van der Waals surface area contributed by atoms with E-state index in [1.165, 1.54) is 0 Å². The van der Waals surface area contributed by atoms with Gasteiger partial charge in [0.1, 0.15) is 22.3 Å². The number of hydrogen-bond acceptors (Lipinski definition) is 5. The van der Waals surface area contributed by atoms with Crippen molar-refractivity contribution in [1.82, 2.24) is 15.0 Å².